The highest BCUT2D eigenvalue weighted by Gasteiger charge is 2.48. The van der Waals surface area contributed by atoms with Gasteiger partial charge in [0.25, 0.3) is 5.91 Å². The van der Waals surface area contributed by atoms with E-state index in [2.05, 4.69) is 11.1 Å². The second kappa shape index (κ2) is 5.27. The quantitative estimate of drug-likeness (QED) is 0.621. The van der Waals surface area contributed by atoms with Crippen molar-refractivity contribution in [2.24, 2.45) is 0 Å². The lowest BCUT2D eigenvalue weighted by Crippen LogP contribution is -2.51. The van der Waals surface area contributed by atoms with Crippen LogP contribution in [0.15, 0.2) is 54.7 Å². The Kier molecular flexibility index (Phi) is 3.11. The Balaban J connectivity index is 1.77. The summed E-state index contributed by atoms with van der Waals surface area (Å²) in [6, 6.07) is 14.6. The number of carbonyl (C=O) groups is 1. The largest absolute Gasteiger partial charge is 0.331 e. The van der Waals surface area contributed by atoms with Gasteiger partial charge in [-0.1, -0.05) is 18.2 Å². The Hall–Kier alpha value is -2.95. The van der Waals surface area contributed by atoms with Crippen LogP contribution in [0.3, 0.4) is 0 Å². The Morgan fingerprint density at radius 2 is 1.96 bits per heavy atom. The minimum Gasteiger partial charge on any atom is -0.331 e. The van der Waals surface area contributed by atoms with Crippen molar-refractivity contribution in [1.82, 2.24) is 14.5 Å². The fourth-order valence-electron chi connectivity index (χ4n) is 4.28. The van der Waals surface area contributed by atoms with E-state index in [4.69, 9.17) is 0 Å². The third kappa shape index (κ3) is 1.94. The van der Waals surface area contributed by atoms with E-state index in [1.165, 1.54) is 6.07 Å². The Morgan fingerprint density at radius 3 is 2.69 bits per heavy atom. The third-order valence-corrected chi connectivity index (χ3v) is 5.86. The van der Waals surface area contributed by atoms with Crippen molar-refractivity contribution in [3.05, 3.63) is 71.9 Å². The average Bonchev–Trinajstić information content (AvgIpc) is 3.07. The fourth-order valence-corrected chi connectivity index (χ4v) is 4.28. The predicted octanol–water partition coefficient (Wildman–Crippen LogP) is 4.14. The van der Waals surface area contributed by atoms with Crippen LogP contribution in [0, 0.1) is 5.95 Å². The summed E-state index contributed by atoms with van der Waals surface area (Å²) in [5.41, 5.74) is 3.96. The van der Waals surface area contributed by atoms with Gasteiger partial charge in [-0.2, -0.15) is 4.39 Å². The van der Waals surface area contributed by atoms with Gasteiger partial charge in [-0.3, -0.25) is 4.79 Å². The molecule has 2 aromatic heterocycles. The Morgan fingerprint density at radius 1 is 1.12 bits per heavy atom. The smallest absolute Gasteiger partial charge is 0.271 e. The van der Waals surface area contributed by atoms with Crippen LogP contribution in [0.25, 0.3) is 16.9 Å². The van der Waals surface area contributed by atoms with Crippen molar-refractivity contribution >= 4 is 5.91 Å². The van der Waals surface area contributed by atoms with Gasteiger partial charge in [0, 0.05) is 24.4 Å². The third-order valence-electron chi connectivity index (χ3n) is 5.86. The van der Waals surface area contributed by atoms with E-state index in [9.17, 15) is 9.18 Å². The van der Waals surface area contributed by atoms with E-state index in [1.807, 2.05) is 47.0 Å². The van der Waals surface area contributed by atoms with E-state index >= 15 is 0 Å². The molecule has 2 aliphatic rings. The number of fused-ring (bicyclic) bond motifs is 4. The molecule has 3 heterocycles. The van der Waals surface area contributed by atoms with Crippen LogP contribution in [-0.2, 0) is 5.54 Å². The van der Waals surface area contributed by atoms with Crippen molar-refractivity contribution in [3.8, 4) is 16.9 Å². The number of hydrogen-bond donors (Lipinski definition) is 0. The minimum atomic E-state index is -0.496. The molecule has 3 aromatic rings. The van der Waals surface area contributed by atoms with E-state index in [1.54, 1.807) is 12.1 Å². The number of rotatable bonds is 1. The minimum absolute atomic E-state index is 0.0383. The van der Waals surface area contributed by atoms with Gasteiger partial charge in [-0.15, -0.1) is 0 Å². The molecular formula is C21H18FN3O. The summed E-state index contributed by atoms with van der Waals surface area (Å²) in [4.78, 5) is 18.9. The first-order valence-corrected chi connectivity index (χ1v) is 8.83. The van der Waals surface area contributed by atoms with Crippen molar-refractivity contribution < 1.29 is 9.18 Å². The van der Waals surface area contributed by atoms with E-state index in [-0.39, 0.29) is 11.4 Å². The SMILES string of the molecule is CN1C(=O)c2cccn2-c2cc(-c3cccc(F)n3)ccc2C12CCC2. The van der Waals surface area contributed by atoms with Crippen LogP contribution < -0.4 is 0 Å². The highest BCUT2D eigenvalue weighted by molar-refractivity contribution is 5.95. The number of halogens is 1. The van der Waals surface area contributed by atoms with Crippen LogP contribution in [-0.4, -0.2) is 27.4 Å². The molecular weight excluding hydrogens is 329 g/mol. The zero-order valence-corrected chi connectivity index (χ0v) is 14.4. The number of carbonyl (C=O) groups excluding carboxylic acids is 1. The molecule has 0 N–H and O–H groups in total. The Labute approximate surface area is 150 Å². The molecule has 1 saturated carbocycles. The average molecular weight is 347 g/mol. The van der Waals surface area contributed by atoms with Crippen LogP contribution in [0.4, 0.5) is 4.39 Å². The van der Waals surface area contributed by atoms with Gasteiger partial charge in [-0.25, -0.2) is 4.98 Å². The number of amides is 1. The van der Waals surface area contributed by atoms with Gasteiger partial charge in [0.15, 0.2) is 0 Å². The lowest BCUT2D eigenvalue weighted by molar-refractivity contribution is 0.0270. The van der Waals surface area contributed by atoms with Crippen molar-refractivity contribution in [2.75, 3.05) is 7.05 Å². The summed E-state index contributed by atoms with van der Waals surface area (Å²) in [5, 5.41) is 0. The van der Waals surface area contributed by atoms with Crippen LogP contribution in [0.1, 0.15) is 35.3 Å². The summed E-state index contributed by atoms with van der Waals surface area (Å²) in [7, 11) is 1.90. The van der Waals surface area contributed by atoms with Gasteiger partial charge >= 0.3 is 0 Å². The molecule has 0 bridgehead atoms. The van der Waals surface area contributed by atoms with Gasteiger partial charge in [0.1, 0.15) is 5.69 Å². The highest BCUT2D eigenvalue weighted by atomic mass is 19.1. The van der Waals surface area contributed by atoms with Gasteiger partial charge < -0.3 is 9.47 Å². The topological polar surface area (TPSA) is 38.1 Å². The fraction of sp³-hybridized carbons (Fsp3) is 0.238. The van der Waals surface area contributed by atoms with Gasteiger partial charge in [0.2, 0.25) is 5.95 Å². The first kappa shape index (κ1) is 15.3. The standard InChI is InChI=1S/C21H18FN3O/c1-24-20(26)17-6-3-12-25(17)18-13-14(16-5-2-7-19(22)23-16)8-9-15(18)21(24)10-4-11-21/h2-3,5-9,12-13H,4,10-11H2,1H3. The van der Waals surface area contributed by atoms with Crippen molar-refractivity contribution in [3.63, 3.8) is 0 Å². The summed E-state index contributed by atoms with van der Waals surface area (Å²) < 4.78 is 15.5. The molecule has 0 saturated heterocycles. The number of aromatic nitrogens is 2. The lowest BCUT2D eigenvalue weighted by Gasteiger charge is -2.48. The monoisotopic (exact) mass is 347 g/mol. The maximum absolute atomic E-state index is 13.6. The first-order chi connectivity index (χ1) is 12.6. The first-order valence-electron chi connectivity index (χ1n) is 8.83. The number of pyridine rings is 1. The molecule has 0 radical (unpaired) electrons. The summed E-state index contributed by atoms with van der Waals surface area (Å²) >= 11 is 0. The molecule has 0 unspecified atom stereocenters. The molecule has 1 fully saturated rings. The highest BCUT2D eigenvalue weighted by Crippen LogP contribution is 2.50. The summed E-state index contributed by atoms with van der Waals surface area (Å²) in [5.74, 6) is -0.458. The molecule has 1 aliphatic heterocycles. The maximum atomic E-state index is 13.6. The molecule has 1 spiro atoms. The molecule has 1 aliphatic carbocycles. The van der Waals surface area contributed by atoms with E-state index < -0.39 is 5.95 Å². The van der Waals surface area contributed by atoms with E-state index in [0.29, 0.717) is 11.4 Å². The van der Waals surface area contributed by atoms with Crippen LogP contribution >= 0.6 is 0 Å². The van der Waals surface area contributed by atoms with Gasteiger partial charge in [-0.05, 0) is 49.6 Å². The second-order valence-corrected chi connectivity index (χ2v) is 7.09. The number of benzene rings is 1. The van der Waals surface area contributed by atoms with E-state index in [0.717, 1.165) is 36.1 Å². The lowest BCUT2D eigenvalue weighted by atomic mass is 9.70. The zero-order valence-electron chi connectivity index (χ0n) is 14.4. The number of hydrogen-bond acceptors (Lipinski definition) is 2. The summed E-state index contributed by atoms with van der Waals surface area (Å²) in [6.45, 7) is 0. The molecule has 5 heteroatoms. The van der Waals surface area contributed by atoms with Crippen molar-refractivity contribution in [2.45, 2.75) is 24.8 Å². The maximum Gasteiger partial charge on any atom is 0.271 e. The molecule has 0 atom stereocenters. The van der Waals surface area contributed by atoms with Crippen molar-refractivity contribution in [1.29, 1.82) is 0 Å². The molecule has 5 rings (SSSR count). The Bertz CT molecular complexity index is 1040. The molecule has 1 amide bonds. The molecule has 4 nitrogen and oxygen atoms in total. The molecule has 1 aromatic carbocycles. The van der Waals surface area contributed by atoms with Gasteiger partial charge in [0.05, 0.1) is 16.9 Å². The zero-order chi connectivity index (χ0) is 17.9. The van der Waals surface area contributed by atoms with Crippen LogP contribution in [0.5, 0.6) is 0 Å². The second-order valence-electron chi connectivity index (χ2n) is 7.09. The molecule has 130 valence electrons. The predicted molar refractivity (Wildman–Crippen MR) is 96.6 cm³/mol. The summed E-state index contributed by atoms with van der Waals surface area (Å²) in [6.07, 6.45) is 4.95. The number of nitrogens with zero attached hydrogens (tertiary/aromatic N) is 3. The van der Waals surface area contributed by atoms with Crippen LogP contribution in [0.2, 0.25) is 0 Å². The molecule has 26 heavy (non-hydrogen) atoms. The normalized spacial score (nSPS) is 17.5.